The summed E-state index contributed by atoms with van der Waals surface area (Å²) < 4.78 is 0. The normalized spacial score (nSPS) is 25.2. The van der Waals surface area contributed by atoms with Gasteiger partial charge in [-0.2, -0.15) is 0 Å². The fraction of sp³-hybridized carbons (Fsp3) is 0.520. The molecule has 2 aromatic rings. The zero-order valence-electron chi connectivity index (χ0n) is 17.6. The molecule has 0 atom stereocenters. The standard InChI is InChI=1S/C25H33ClN2.2ClH/c26-23-8-4-7-22(18-23)25(19-27)13-9-24(10-14-25)28-15-11-21(12-16-28)17-20-5-2-1-3-6-20;;/h1-8,18,21,24H,9-17,19,27H2;2*1H. The van der Waals surface area contributed by atoms with E-state index in [-0.39, 0.29) is 30.2 Å². The molecule has 2 nitrogen and oxygen atoms in total. The van der Waals surface area contributed by atoms with E-state index >= 15 is 0 Å². The van der Waals surface area contributed by atoms with Crippen LogP contribution in [0.2, 0.25) is 5.02 Å². The van der Waals surface area contributed by atoms with E-state index in [9.17, 15) is 0 Å². The number of nitrogens with two attached hydrogens (primary N) is 1. The minimum Gasteiger partial charge on any atom is -0.330 e. The Balaban J connectivity index is 0.00000160. The van der Waals surface area contributed by atoms with E-state index in [2.05, 4.69) is 53.4 Å². The van der Waals surface area contributed by atoms with Gasteiger partial charge in [-0.1, -0.05) is 54.1 Å². The highest BCUT2D eigenvalue weighted by molar-refractivity contribution is 6.30. The van der Waals surface area contributed by atoms with Crippen molar-refractivity contribution in [2.45, 2.75) is 56.4 Å². The summed E-state index contributed by atoms with van der Waals surface area (Å²) in [4.78, 5) is 2.76. The van der Waals surface area contributed by atoms with Crippen LogP contribution in [0.4, 0.5) is 0 Å². The van der Waals surface area contributed by atoms with Gasteiger partial charge in [-0.3, -0.25) is 0 Å². The van der Waals surface area contributed by atoms with Crippen molar-refractivity contribution >= 4 is 36.4 Å². The number of piperidine rings is 1. The summed E-state index contributed by atoms with van der Waals surface area (Å²) in [6.07, 6.45) is 8.78. The average Bonchev–Trinajstić information content (AvgIpc) is 2.75. The summed E-state index contributed by atoms with van der Waals surface area (Å²) in [7, 11) is 0. The van der Waals surface area contributed by atoms with E-state index in [1.807, 2.05) is 6.07 Å². The van der Waals surface area contributed by atoms with Crippen molar-refractivity contribution in [3.63, 3.8) is 0 Å². The Morgan fingerprint density at radius 1 is 0.900 bits per heavy atom. The largest absolute Gasteiger partial charge is 0.330 e. The smallest absolute Gasteiger partial charge is 0.0408 e. The second-order valence-corrected chi connectivity index (χ2v) is 9.33. The van der Waals surface area contributed by atoms with Crippen molar-refractivity contribution < 1.29 is 0 Å². The van der Waals surface area contributed by atoms with Crippen molar-refractivity contribution in [3.8, 4) is 0 Å². The fourth-order valence-corrected chi connectivity index (χ4v) is 5.61. The summed E-state index contributed by atoms with van der Waals surface area (Å²) in [6.45, 7) is 3.24. The number of benzene rings is 2. The van der Waals surface area contributed by atoms with E-state index in [4.69, 9.17) is 17.3 Å². The molecule has 2 fully saturated rings. The van der Waals surface area contributed by atoms with Crippen molar-refractivity contribution in [1.29, 1.82) is 0 Å². The van der Waals surface area contributed by atoms with E-state index < -0.39 is 0 Å². The van der Waals surface area contributed by atoms with Gasteiger partial charge in [-0.05, 0) is 87.2 Å². The van der Waals surface area contributed by atoms with E-state index in [1.165, 1.54) is 69.2 Å². The molecule has 1 saturated heterocycles. The Morgan fingerprint density at radius 2 is 1.57 bits per heavy atom. The molecule has 0 radical (unpaired) electrons. The average molecular weight is 470 g/mol. The van der Waals surface area contributed by atoms with Gasteiger partial charge in [-0.15, -0.1) is 24.8 Å². The molecule has 2 aromatic carbocycles. The molecule has 0 amide bonds. The van der Waals surface area contributed by atoms with Gasteiger partial charge in [0.05, 0.1) is 0 Å². The van der Waals surface area contributed by atoms with Gasteiger partial charge < -0.3 is 10.6 Å². The van der Waals surface area contributed by atoms with Crippen LogP contribution in [0.3, 0.4) is 0 Å². The molecule has 1 saturated carbocycles. The third-order valence-electron chi connectivity index (χ3n) is 7.27. The van der Waals surface area contributed by atoms with Crippen LogP contribution in [0.25, 0.3) is 0 Å². The molecule has 0 spiro atoms. The lowest BCUT2D eigenvalue weighted by Gasteiger charge is -2.45. The molecule has 0 aromatic heterocycles. The highest BCUT2D eigenvalue weighted by atomic mass is 35.5. The van der Waals surface area contributed by atoms with Crippen molar-refractivity contribution in [2.24, 2.45) is 11.7 Å². The van der Waals surface area contributed by atoms with E-state index in [0.29, 0.717) is 0 Å². The highest BCUT2D eigenvalue weighted by Gasteiger charge is 2.38. The van der Waals surface area contributed by atoms with Crippen LogP contribution in [0.5, 0.6) is 0 Å². The highest BCUT2D eigenvalue weighted by Crippen LogP contribution is 2.41. The predicted molar refractivity (Wildman–Crippen MR) is 133 cm³/mol. The Hall–Kier alpha value is -0.770. The third-order valence-corrected chi connectivity index (χ3v) is 7.51. The van der Waals surface area contributed by atoms with Crippen LogP contribution < -0.4 is 5.73 Å². The molecule has 1 aliphatic heterocycles. The Bertz CT molecular complexity index is 752. The molecule has 5 heteroatoms. The van der Waals surface area contributed by atoms with Crippen LogP contribution in [0.1, 0.15) is 49.7 Å². The topological polar surface area (TPSA) is 29.3 Å². The maximum Gasteiger partial charge on any atom is 0.0408 e. The van der Waals surface area contributed by atoms with Crippen LogP contribution in [-0.4, -0.2) is 30.6 Å². The SMILES string of the molecule is Cl.Cl.NCC1(c2cccc(Cl)c2)CCC(N2CCC(Cc3ccccc3)CC2)CC1. The second kappa shape index (κ2) is 11.7. The van der Waals surface area contributed by atoms with E-state index in [1.54, 1.807) is 0 Å². The second-order valence-electron chi connectivity index (χ2n) is 8.90. The fourth-order valence-electron chi connectivity index (χ4n) is 5.42. The van der Waals surface area contributed by atoms with Gasteiger partial charge in [0.25, 0.3) is 0 Å². The third kappa shape index (κ3) is 5.93. The van der Waals surface area contributed by atoms with Crippen LogP contribution in [0.15, 0.2) is 54.6 Å². The lowest BCUT2D eigenvalue weighted by atomic mass is 9.68. The molecule has 1 aliphatic carbocycles. The van der Waals surface area contributed by atoms with Gasteiger partial charge in [0, 0.05) is 23.0 Å². The van der Waals surface area contributed by atoms with Crippen LogP contribution >= 0.6 is 36.4 Å². The molecular formula is C25H35Cl3N2. The summed E-state index contributed by atoms with van der Waals surface area (Å²) in [5, 5.41) is 0.827. The number of hydrogen-bond acceptors (Lipinski definition) is 2. The lowest BCUT2D eigenvalue weighted by molar-refractivity contribution is 0.0875. The lowest BCUT2D eigenvalue weighted by Crippen LogP contribution is -2.48. The predicted octanol–water partition coefficient (Wildman–Crippen LogP) is 6.28. The first-order valence-corrected chi connectivity index (χ1v) is 11.3. The van der Waals surface area contributed by atoms with Crippen LogP contribution in [0, 0.1) is 5.92 Å². The number of nitrogens with zero attached hydrogens (tertiary/aromatic N) is 1. The molecular weight excluding hydrogens is 435 g/mol. The van der Waals surface area contributed by atoms with Crippen LogP contribution in [-0.2, 0) is 11.8 Å². The summed E-state index contributed by atoms with van der Waals surface area (Å²) in [5.74, 6) is 0.844. The van der Waals surface area contributed by atoms with Gasteiger partial charge >= 0.3 is 0 Å². The zero-order chi connectivity index (χ0) is 19.4. The monoisotopic (exact) mass is 468 g/mol. The summed E-state index contributed by atoms with van der Waals surface area (Å²) in [5.41, 5.74) is 9.23. The Morgan fingerprint density at radius 3 is 2.17 bits per heavy atom. The summed E-state index contributed by atoms with van der Waals surface area (Å²) in [6, 6.07) is 20.1. The molecule has 2 N–H and O–H groups in total. The van der Waals surface area contributed by atoms with Gasteiger partial charge in [0.1, 0.15) is 0 Å². The molecule has 4 rings (SSSR count). The number of likely N-dealkylation sites (tertiary alicyclic amines) is 1. The Labute approximate surface area is 199 Å². The Kier molecular flexibility index (Phi) is 9.97. The van der Waals surface area contributed by atoms with Gasteiger partial charge in [0.2, 0.25) is 0 Å². The van der Waals surface area contributed by atoms with Gasteiger partial charge in [-0.25, -0.2) is 0 Å². The first-order valence-electron chi connectivity index (χ1n) is 10.9. The minimum atomic E-state index is 0. The summed E-state index contributed by atoms with van der Waals surface area (Å²) >= 11 is 6.26. The molecule has 30 heavy (non-hydrogen) atoms. The quantitative estimate of drug-likeness (QED) is 0.558. The number of halogens is 3. The molecule has 0 unspecified atom stereocenters. The maximum absolute atomic E-state index is 6.28. The van der Waals surface area contributed by atoms with E-state index in [0.717, 1.165) is 23.5 Å². The maximum atomic E-state index is 6.28. The zero-order valence-corrected chi connectivity index (χ0v) is 20.0. The first kappa shape index (κ1) is 25.5. The first-order chi connectivity index (χ1) is 13.7. The number of rotatable bonds is 5. The molecule has 2 aliphatic rings. The molecule has 166 valence electrons. The number of hydrogen-bond donors (Lipinski definition) is 1. The van der Waals surface area contributed by atoms with Crippen molar-refractivity contribution in [2.75, 3.05) is 19.6 Å². The van der Waals surface area contributed by atoms with Gasteiger partial charge in [0.15, 0.2) is 0 Å². The van der Waals surface area contributed by atoms with Crippen molar-refractivity contribution in [3.05, 3.63) is 70.7 Å². The molecule has 1 heterocycles. The molecule has 0 bridgehead atoms. The minimum absolute atomic E-state index is 0. The van der Waals surface area contributed by atoms with Crippen molar-refractivity contribution in [1.82, 2.24) is 4.90 Å².